The number of nitrogens with zero attached hydrogens (tertiary/aromatic N) is 4. The fourth-order valence-corrected chi connectivity index (χ4v) is 4.99. The Balaban J connectivity index is 1.52. The second kappa shape index (κ2) is 8.09. The van der Waals surface area contributed by atoms with E-state index in [0.29, 0.717) is 17.8 Å². The van der Waals surface area contributed by atoms with E-state index < -0.39 is 10.8 Å². The van der Waals surface area contributed by atoms with Gasteiger partial charge in [-0.15, -0.1) is 10.2 Å². The van der Waals surface area contributed by atoms with Gasteiger partial charge in [-0.3, -0.25) is 9.20 Å². The van der Waals surface area contributed by atoms with Crippen LogP contribution in [0.25, 0.3) is 0 Å². The molecule has 134 valence electrons. The van der Waals surface area contributed by atoms with E-state index in [0.717, 1.165) is 68.4 Å². The maximum Gasteiger partial charge on any atom is 0.191 e. The number of fused-ring (bicyclic) bond motifs is 1. The van der Waals surface area contributed by atoms with E-state index in [1.54, 1.807) is 7.05 Å². The van der Waals surface area contributed by atoms with Gasteiger partial charge in [-0.1, -0.05) is 13.3 Å². The number of aryl methyl sites for hydroxylation is 1. The van der Waals surface area contributed by atoms with E-state index in [2.05, 4.69) is 30.4 Å². The van der Waals surface area contributed by atoms with Crippen LogP contribution in [-0.2, 0) is 30.3 Å². The molecule has 1 aliphatic heterocycles. The van der Waals surface area contributed by atoms with Crippen molar-refractivity contribution < 1.29 is 4.21 Å². The molecule has 2 N–H and O–H groups in total. The molecule has 1 aromatic rings. The smallest absolute Gasteiger partial charge is 0.191 e. The second-order valence-electron chi connectivity index (χ2n) is 6.51. The zero-order valence-corrected chi connectivity index (χ0v) is 15.4. The molecule has 0 radical (unpaired) electrons. The number of rotatable bonds is 5. The van der Waals surface area contributed by atoms with Crippen LogP contribution in [0, 0.1) is 0 Å². The van der Waals surface area contributed by atoms with Crippen molar-refractivity contribution in [3.63, 3.8) is 0 Å². The minimum atomic E-state index is -0.701. The Labute approximate surface area is 146 Å². The first-order valence-electron chi connectivity index (χ1n) is 8.96. The highest BCUT2D eigenvalue weighted by atomic mass is 32.2. The molecule has 0 bridgehead atoms. The van der Waals surface area contributed by atoms with Crippen LogP contribution in [0.4, 0.5) is 0 Å². The number of aromatic nitrogens is 3. The van der Waals surface area contributed by atoms with Crippen LogP contribution in [-0.4, -0.2) is 49.0 Å². The molecule has 0 aromatic carbocycles. The minimum Gasteiger partial charge on any atom is -0.354 e. The molecule has 1 fully saturated rings. The highest BCUT2D eigenvalue weighted by Gasteiger charge is 2.26. The van der Waals surface area contributed by atoms with Crippen molar-refractivity contribution >= 4 is 16.8 Å². The standard InChI is InChI=1S/C16H28N6OS/c1-3-24(23)13-7-4-6-12(10-13)19-16(17-2)18-11-15-21-20-14-8-5-9-22(14)15/h12-13H,3-11H2,1-2H3,(H2,17,18,19). The van der Waals surface area contributed by atoms with Crippen LogP contribution in [0.5, 0.6) is 0 Å². The van der Waals surface area contributed by atoms with Crippen LogP contribution in [0.3, 0.4) is 0 Å². The predicted octanol–water partition coefficient (Wildman–Crippen LogP) is 0.969. The Kier molecular flexibility index (Phi) is 5.86. The van der Waals surface area contributed by atoms with Gasteiger partial charge in [0.2, 0.25) is 0 Å². The first-order valence-corrected chi connectivity index (χ1v) is 10.3. The topological polar surface area (TPSA) is 84.2 Å². The molecule has 0 saturated heterocycles. The van der Waals surface area contributed by atoms with Crippen LogP contribution in [0.15, 0.2) is 4.99 Å². The molecule has 7 nitrogen and oxygen atoms in total. The summed E-state index contributed by atoms with van der Waals surface area (Å²) in [6.07, 6.45) is 6.46. The molecule has 2 aliphatic rings. The minimum absolute atomic E-state index is 0.319. The number of guanidine groups is 1. The van der Waals surface area contributed by atoms with Gasteiger partial charge in [0.15, 0.2) is 11.8 Å². The SMILES string of the molecule is CCS(=O)C1CCCC(NC(=NC)NCc2nnc3n2CCC3)C1. The van der Waals surface area contributed by atoms with Crippen LogP contribution in [0.1, 0.15) is 50.7 Å². The van der Waals surface area contributed by atoms with Crippen molar-refractivity contribution in [3.8, 4) is 0 Å². The van der Waals surface area contributed by atoms with Crippen molar-refractivity contribution in [2.45, 2.75) is 69.8 Å². The van der Waals surface area contributed by atoms with E-state index in [4.69, 9.17) is 0 Å². The molecule has 1 aromatic heterocycles. The first-order chi connectivity index (χ1) is 11.7. The summed E-state index contributed by atoms with van der Waals surface area (Å²) in [6, 6.07) is 0.342. The Morgan fingerprint density at radius 1 is 1.38 bits per heavy atom. The van der Waals surface area contributed by atoms with E-state index >= 15 is 0 Å². The summed E-state index contributed by atoms with van der Waals surface area (Å²) in [6.45, 7) is 3.65. The van der Waals surface area contributed by atoms with Gasteiger partial charge in [-0.25, -0.2) is 0 Å². The van der Waals surface area contributed by atoms with Crippen molar-refractivity contribution in [1.82, 2.24) is 25.4 Å². The lowest BCUT2D eigenvalue weighted by Crippen LogP contribution is -2.46. The first kappa shape index (κ1) is 17.4. The molecule has 0 amide bonds. The Morgan fingerprint density at radius 3 is 3.04 bits per heavy atom. The molecule has 8 heteroatoms. The van der Waals surface area contributed by atoms with Crippen molar-refractivity contribution in [3.05, 3.63) is 11.6 Å². The Hall–Kier alpha value is -1.44. The summed E-state index contributed by atoms with van der Waals surface area (Å²) >= 11 is 0. The van der Waals surface area contributed by atoms with Crippen molar-refractivity contribution in [1.29, 1.82) is 0 Å². The maximum absolute atomic E-state index is 12.1. The Morgan fingerprint density at radius 2 is 2.25 bits per heavy atom. The quantitative estimate of drug-likeness (QED) is 0.609. The molecule has 3 atom stereocenters. The van der Waals surface area contributed by atoms with E-state index in [-0.39, 0.29) is 0 Å². The molecule has 3 unspecified atom stereocenters. The van der Waals surface area contributed by atoms with Gasteiger partial charge in [-0.05, 0) is 25.7 Å². The highest BCUT2D eigenvalue weighted by molar-refractivity contribution is 7.85. The van der Waals surface area contributed by atoms with Gasteiger partial charge in [0.1, 0.15) is 5.82 Å². The average Bonchev–Trinajstić information content (AvgIpc) is 3.22. The van der Waals surface area contributed by atoms with Gasteiger partial charge >= 0.3 is 0 Å². The zero-order chi connectivity index (χ0) is 16.9. The summed E-state index contributed by atoms with van der Waals surface area (Å²) in [5.74, 6) is 3.60. The fourth-order valence-electron chi connectivity index (χ4n) is 3.64. The highest BCUT2D eigenvalue weighted by Crippen LogP contribution is 2.23. The molecule has 1 saturated carbocycles. The third-order valence-electron chi connectivity index (χ3n) is 4.95. The summed E-state index contributed by atoms with van der Waals surface area (Å²) in [7, 11) is 1.08. The van der Waals surface area contributed by atoms with Crippen LogP contribution in [0.2, 0.25) is 0 Å². The summed E-state index contributed by atoms with van der Waals surface area (Å²) in [5, 5.41) is 15.7. The van der Waals surface area contributed by atoms with Gasteiger partial charge in [0.05, 0.1) is 6.54 Å². The molecule has 24 heavy (non-hydrogen) atoms. The van der Waals surface area contributed by atoms with Gasteiger partial charge in [0, 0.05) is 47.9 Å². The number of hydrogen-bond acceptors (Lipinski definition) is 4. The summed E-state index contributed by atoms with van der Waals surface area (Å²) < 4.78 is 14.3. The van der Waals surface area contributed by atoms with Gasteiger partial charge < -0.3 is 15.2 Å². The lowest BCUT2D eigenvalue weighted by molar-refractivity contribution is 0.413. The van der Waals surface area contributed by atoms with E-state index in [9.17, 15) is 4.21 Å². The van der Waals surface area contributed by atoms with E-state index in [1.165, 1.54) is 0 Å². The lowest BCUT2D eigenvalue weighted by Gasteiger charge is -2.30. The Bertz CT molecular complexity index is 614. The number of nitrogens with one attached hydrogen (secondary N) is 2. The predicted molar refractivity (Wildman–Crippen MR) is 96.4 cm³/mol. The molecule has 1 aliphatic carbocycles. The summed E-state index contributed by atoms with van der Waals surface area (Å²) in [5.41, 5.74) is 0. The number of hydrogen-bond donors (Lipinski definition) is 2. The molecule has 3 rings (SSSR count). The average molecular weight is 353 g/mol. The lowest BCUT2D eigenvalue weighted by atomic mass is 9.95. The van der Waals surface area contributed by atoms with Crippen molar-refractivity contribution in [2.75, 3.05) is 12.8 Å². The third-order valence-corrected chi connectivity index (χ3v) is 6.69. The number of aliphatic imine (C=N–C) groups is 1. The fraction of sp³-hybridized carbons (Fsp3) is 0.812. The molecular formula is C16H28N6OS. The molecular weight excluding hydrogens is 324 g/mol. The molecule has 2 heterocycles. The van der Waals surface area contributed by atoms with E-state index in [1.807, 2.05) is 6.92 Å². The largest absolute Gasteiger partial charge is 0.354 e. The van der Waals surface area contributed by atoms with Gasteiger partial charge in [-0.2, -0.15) is 0 Å². The monoisotopic (exact) mass is 352 g/mol. The van der Waals surface area contributed by atoms with Crippen molar-refractivity contribution in [2.24, 2.45) is 4.99 Å². The second-order valence-corrected chi connectivity index (χ2v) is 8.52. The third kappa shape index (κ3) is 3.96. The van der Waals surface area contributed by atoms with Gasteiger partial charge in [0.25, 0.3) is 0 Å². The van der Waals surface area contributed by atoms with Crippen LogP contribution >= 0.6 is 0 Å². The summed E-state index contributed by atoms with van der Waals surface area (Å²) in [4.78, 5) is 4.33. The normalized spacial score (nSPS) is 25.3. The van der Waals surface area contributed by atoms with Crippen LogP contribution < -0.4 is 10.6 Å². The molecule has 0 spiro atoms. The zero-order valence-electron chi connectivity index (χ0n) is 14.6. The maximum atomic E-state index is 12.1.